The predicted molar refractivity (Wildman–Crippen MR) is 124 cm³/mol. The highest BCUT2D eigenvalue weighted by molar-refractivity contribution is 7.18. The maximum absolute atomic E-state index is 11.2. The van der Waals surface area contributed by atoms with Gasteiger partial charge in [-0.1, -0.05) is 25.1 Å². The third-order valence-electron chi connectivity index (χ3n) is 5.33. The van der Waals surface area contributed by atoms with Gasteiger partial charge in [-0.3, -0.25) is 0 Å². The van der Waals surface area contributed by atoms with E-state index in [4.69, 9.17) is 24.5 Å². The van der Waals surface area contributed by atoms with Crippen LogP contribution in [0.5, 0.6) is 11.5 Å². The number of carboxylic acid groups (broad SMARTS) is 1. The number of anilines is 1. The number of thiophene rings is 1. The van der Waals surface area contributed by atoms with Crippen LogP contribution in [0.15, 0.2) is 48.5 Å². The van der Waals surface area contributed by atoms with Gasteiger partial charge in [0.1, 0.15) is 10.6 Å². The number of aromatic nitrogens is 2. The summed E-state index contributed by atoms with van der Waals surface area (Å²) in [6, 6.07) is 14.8. The number of ether oxygens (including phenoxy) is 2. The van der Waals surface area contributed by atoms with Gasteiger partial charge < -0.3 is 19.9 Å². The lowest BCUT2D eigenvalue weighted by molar-refractivity contribution is 0.0697. The minimum Gasteiger partial charge on any atom is -0.478 e. The summed E-state index contributed by atoms with van der Waals surface area (Å²) in [5.41, 5.74) is 2.17. The predicted octanol–water partition coefficient (Wildman–Crippen LogP) is 5.00. The van der Waals surface area contributed by atoms with E-state index in [1.807, 2.05) is 18.2 Å². The smallest absolute Gasteiger partial charge is 0.335 e. The number of hydrogen-bond acceptors (Lipinski definition) is 7. The first-order valence-corrected chi connectivity index (χ1v) is 11.2. The van der Waals surface area contributed by atoms with Gasteiger partial charge >= 0.3 is 5.97 Å². The minimum atomic E-state index is -0.954. The van der Waals surface area contributed by atoms with Gasteiger partial charge in [-0.15, -0.1) is 11.3 Å². The van der Waals surface area contributed by atoms with Crippen molar-refractivity contribution < 1.29 is 19.4 Å². The molecule has 0 bridgehead atoms. The number of nitrogens with one attached hydrogen (secondary N) is 1. The highest BCUT2D eigenvalue weighted by Crippen LogP contribution is 2.33. The fraction of sp³-hybridized carbons (Fsp3) is 0.208. The fourth-order valence-electron chi connectivity index (χ4n) is 3.59. The van der Waals surface area contributed by atoms with Gasteiger partial charge in [0.15, 0.2) is 17.3 Å². The first kappa shape index (κ1) is 20.3. The van der Waals surface area contributed by atoms with Crippen LogP contribution in [-0.2, 0) is 12.8 Å². The molecule has 32 heavy (non-hydrogen) atoms. The Morgan fingerprint density at radius 1 is 1.09 bits per heavy atom. The van der Waals surface area contributed by atoms with Crippen LogP contribution in [0, 0.1) is 0 Å². The molecular formula is C24H21N3O4S. The van der Waals surface area contributed by atoms with Crippen molar-refractivity contribution in [3.8, 4) is 22.9 Å². The molecular weight excluding hydrogens is 426 g/mol. The molecule has 0 aliphatic carbocycles. The second-order valence-electron chi connectivity index (χ2n) is 7.43. The summed E-state index contributed by atoms with van der Waals surface area (Å²) in [5, 5.41) is 13.6. The second kappa shape index (κ2) is 8.47. The molecule has 0 unspecified atom stereocenters. The quantitative estimate of drug-likeness (QED) is 0.412. The summed E-state index contributed by atoms with van der Waals surface area (Å²) in [6.45, 7) is 3.08. The van der Waals surface area contributed by atoms with E-state index < -0.39 is 5.97 Å². The van der Waals surface area contributed by atoms with E-state index in [1.165, 1.54) is 4.88 Å². The number of benzene rings is 2. The van der Waals surface area contributed by atoms with E-state index in [0.717, 1.165) is 51.5 Å². The van der Waals surface area contributed by atoms with Crippen molar-refractivity contribution in [1.29, 1.82) is 0 Å². The van der Waals surface area contributed by atoms with Crippen molar-refractivity contribution in [1.82, 2.24) is 9.97 Å². The molecule has 2 aromatic carbocycles. The molecule has 3 heterocycles. The first-order chi connectivity index (χ1) is 15.6. The van der Waals surface area contributed by atoms with Gasteiger partial charge in [-0.25, -0.2) is 14.8 Å². The summed E-state index contributed by atoms with van der Waals surface area (Å²) in [5.74, 6) is 1.96. The third-order valence-corrected chi connectivity index (χ3v) is 6.50. The first-order valence-electron chi connectivity index (χ1n) is 10.4. The highest BCUT2D eigenvalue weighted by Gasteiger charge is 2.15. The average Bonchev–Trinajstić information content (AvgIpc) is 3.45. The Balaban J connectivity index is 1.41. The van der Waals surface area contributed by atoms with Gasteiger partial charge in [0, 0.05) is 17.0 Å². The van der Waals surface area contributed by atoms with Crippen LogP contribution in [-0.4, -0.2) is 34.4 Å². The molecule has 7 nitrogen and oxygen atoms in total. The van der Waals surface area contributed by atoms with E-state index >= 15 is 0 Å². The zero-order valence-corrected chi connectivity index (χ0v) is 18.2. The second-order valence-corrected chi connectivity index (χ2v) is 8.54. The maximum Gasteiger partial charge on any atom is 0.335 e. The topological polar surface area (TPSA) is 93.6 Å². The molecule has 1 aliphatic heterocycles. The summed E-state index contributed by atoms with van der Waals surface area (Å²) in [4.78, 5) is 22.8. The number of aromatic carboxylic acids is 1. The van der Waals surface area contributed by atoms with E-state index in [2.05, 4.69) is 18.3 Å². The number of hydrogen-bond donors (Lipinski definition) is 2. The van der Waals surface area contributed by atoms with Gasteiger partial charge in [0.25, 0.3) is 0 Å². The number of fused-ring (bicyclic) bond motifs is 2. The fourth-order valence-corrected chi connectivity index (χ4v) is 4.56. The van der Waals surface area contributed by atoms with Crippen molar-refractivity contribution in [3.63, 3.8) is 0 Å². The molecule has 5 rings (SSSR count). The molecule has 0 atom stereocenters. The number of aryl methyl sites for hydroxylation is 1. The third kappa shape index (κ3) is 3.97. The lowest BCUT2D eigenvalue weighted by atomic mass is 10.1. The lowest BCUT2D eigenvalue weighted by Crippen LogP contribution is -2.07. The normalized spacial score (nSPS) is 12.3. The molecule has 0 amide bonds. The van der Waals surface area contributed by atoms with Crippen LogP contribution in [0.2, 0.25) is 0 Å². The van der Waals surface area contributed by atoms with Crippen LogP contribution in [0.4, 0.5) is 5.82 Å². The molecule has 4 aromatic rings. The molecule has 1 aliphatic rings. The van der Waals surface area contributed by atoms with Gasteiger partial charge in [-0.2, -0.15) is 0 Å². The van der Waals surface area contributed by atoms with E-state index in [-0.39, 0.29) is 12.4 Å². The molecule has 8 heteroatoms. The molecule has 0 saturated heterocycles. The van der Waals surface area contributed by atoms with E-state index in [9.17, 15) is 4.79 Å². The molecule has 0 radical (unpaired) electrons. The zero-order chi connectivity index (χ0) is 22.1. The standard InChI is InChI=1S/C24H21N3O4S/c1-2-17-12-18-22(25-10-9-14-3-8-19-20(11-14)31-13-30-19)26-21(27-23(18)32-17)15-4-6-16(7-5-15)24(28)29/h3-8,11-12H,2,9-10,13H2,1H3,(H,28,29)(H,25,26,27). The Bertz CT molecular complexity index is 1300. The van der Waals surface area contributed by atoms with Crippen molar-refractivity contribution in [2.24, 2.45) is 0 Å². The largest absolute Gasteiger partial charge is 0.478 e. The summed E-state index contributed by atoms with van der Waals surface area (Å²) in [6.07, 6.45) is 1.73. The molecule has 162 valence electrons. The van der Waals surface area contributed by atoms with Gasteiger partial charge in [0.05, 0.1) is 10.9 Å². The van der Waals surface area contributed by atoms with Crippen LogP contribution in [0.3, 0.4) is 0 Å². The Kier molecular flexibility index (Phi) is 5.36. The summed E-state index contributed by atoms with van der Waals surface area (Å²) < 4.78 is 10.8. The molecule has 0 saturated carbocycles. The molecule has 2 aromatic heterocycles. The van der Waals surface area contributed by atoms with Crippen LogP contribution in [0.25, 0.3) is 21.6 Å². The highest BCUT2D eigenvalue weighted by atomic mass is 32.1. The van der Waals surface area contributed by atoms with Crippen molar-refractivity contribution in [2.75, 3.05) is 18.7 Å². The Labute approximate surface area is 188 Å². The Hall–Kier alpha value is -3.65. The number of carboxylic acids is 1. The summed E-state index contributed by atoms with van der Waals surface area (Å²) >= 11 is 1.66. The van der Waals surface area contributed by atoms with Crippen molar-refractivity contribution in [3.05, 3.63) is 64.5 Å². The minimum absolute atomic E-state index is 0.237. The Morgan fingerprint density at radius 3 is 2.69 bits per heavy atom. The van der Waals surface area contributed by atoms with Gasteiger partial charge in [-0.05, 0) is 48.7 Å². The Morgan fingerprint density at radius 2 is 1.91 bits per heavy atom. The summed E-state index contributed by atoms with van der Waals surface area (Å²) in [7, 11) is 0. The molecule has 0 spiro atoms. The molecule has 0 fully saturated rings. The van der Waals surface area contributed by atoms with Crippen LogP contribution < -0.4 is 14.8 Å². The lowest BCUT2D eigenvalue weighted by Gasteiger charge is -2.10. The average molecular weight is 448 g/mol. The zero-order valence-electron chi connectivity index (χ0n) is 17.4. The number of nitrogens with zero attached hydrogens (tertiary/aromatic N) is 2. The van der Waals surface area contributed by atoms with E-state index in [0.29, 0.717) is 12.4 Å². The van der Waals surface area contributed by atoms with Crippen molar-refractivity contribution in [2.45, 2.75) is 19.8 Å². The SMILES string of the molecule is CCc1cc2c(NCCc3ccc4c(c3)OCO4)nc(-c3ccc(C(=O)O)cc3)nc2s1. The maximum atomic E-state index is 11.2. The van der Waals surface area contributed by atoms with Crippen LogP contribution in [0.1, 0.15) is 27.7 Å². The number of carbonyl (C=O) groups is 1. The van der Waals surface area contributed by atoms with Gasteiger partial charge in [0.2, 0.25) is 6.79 Å². The molecule has 2 N–H and O–H groups in total. The van der Waals surface area contributed by atoms with Crippen LogP contribution >= 0.6 is 11.3 Å². The monoisotopic (exact) mass is 447 g/mol. The van der Waals surface area contributed by atoms with E-state index in [1.54, 1.807) is 35.6 Å². The van der Waals surface area contributed by atoms with Crippen molar-refractivity contribution >= 4 is 33.3 Å². The number of rotatable bonds is 7.